The first-order valence-electron chi connectivity index (χ1n) is 11.9. The lowest BCUT2D eigenvalue weighted by atomic mass is 10.0. The standard InChI is InChI=1S/C20H29FN6OS.C6H4ClF/c1-5-8-29-18(6-2)20-23-11-15(16(10-22)26-25-13(4)21)17-9-14(12-27(17)20)24-19(28)7-3;7-5-2-1-3-6(8)4-5/h5-6,8,10,13-14,22,25H,7,9,11-12H2,1-4H3,(H,24,28);1-4H/b8-5-,18-6?,22-10?,26-16+;. The molecule has 0 bridgehead atoms. The topological polar surface area (TPSA) is 92.9 Å². The average Bonchev–Trinajstić information content (AvgIpc) is 3.29. The molecule has 11 heteroatoms. The van der Waals surface area contributed by atoms with Gasteiger partial charge < -0.3 is 15.6 Å². The molecule has 2 atom stereocenters. The van der Waals surface area contributed by atoms with Crippen molar-refractivity contribution < 1.29 is 13.6 Å². The van der Waals surface area contributed by atoms with Crippen LogP contribution in [0, 0.1) is 11.2 Å². The summed E-state index contributed by atoms with van der Waals surface area (Å²) in [6, 6.07) is 5.76. The van der Waals surface area contributed by atoms with Crippen molar-refractivity contribution in [2.75, 3.05) is 13.1 Å². The molecule has 1 aromatic carbocycles. The zero-order chi connectivity index (χ0) is 27.4. The Hall–Kier alpha value is -2.98. The summed E-state index contributed by atoms with van der Waals surface area (Å²) in [5.74, 6) is 0.551. The van der Waals surface area contributed by atoms with Gasteiger partial charge in [-0.15, -0.1) is 0 Å². The van der Waals surface area contributed by atoms with Crippen molar-refractivity contribution in [2.45, 2.75) is 52.9 Å². The Morgan fingerprint density at radius 2 is 2.19 bits per heavy atom. The average molecular weight is 551 g/mol. The molecule has 1 fully saturated rings. The smallest absolute Gasteiger partial charge is 0.220 e. The molecule has 1 aromatic rings. The minimum absolute atomic E-state index is 0.00102. The molecule has 3 N–H and O–H groups in total. The quantitative estimate of drug-likeness (QED) is 0.205. The number of thioether (sulfide) groups is 1. The van der Waals surface area contributed by atoms with Crippen molar-refractivity contribution in [3.63, 3.8) is 0 Å². The van der Waals surface area contributed by atoms with E-state index in [4.69, 9.17) is 22.0 Å². The van der Waals surface area contributed by atoms with E-state index in [1.807, 2.05) is 38.3 Å². The monoisotopic (exact) mass is 550 g/mol. The van der Waals surface area contributed by atoms with Crippen LogP contribution in [0.15, 0.2) is 68.1 Å². The van der Waals surface area contributed by atoms with E-state index in [1.54, 1.807) is 23.9 Å². The van der Waals surface area contributed by atoms with Crippen molar-refractivity contribution in [2.24, 2.45) is 10.1 Å². The summed E-state index contributed by atoms with van der Waals surface area (Å²) >= 11 is 6.99. The van der Waals surface area contributed by atoms with E-state index in [0.29, 0.717) is 36.7 Å². The zero-order valence-electron chi connectivity index (χ0n) is 21.4. The Morgan fingerprint density at radius 1 is 1.43 bits per heavy atom. The van der Waals surface area contributed by atoms with E-state index in [9.17, 15) is 13.6 Å². The molecule has 200 valence electrons. The highest BCUT2D eigenvalue weighted by Gasteiger charge is 2.36. The lowest BCUT2D eigenvalue weighted by molar-refractivity contribution is -0.121. The number of nitrogens with one attached hydrogen (secondary N) is 3. The number of hydrogen-bond donors (Lipinski definition) is 3. The molecule has 2 aliphatic heterocycles. The van der Waals surface area contributed by atoms with Crippen molar-refractivity contribution in [1.82, 2.24) is 15.6 Å². The number of allylic oxidation sites excluding steroid dienone is 2. The number of fused-ring (bicyclic) bond motifs is 1. The maximum Gasteiger partial charge on any atom is 0.220 e. The third-order valence-electron chi connectivity index (χ3n) is 5.25. The van der Waals surface area contributed by atoms with Crippen LogP contribution in [0.25, 0.3) is 0 Å². The normalized spacial score (nSPS) is 18.6. The van der Waals surface area contributed by atoms with Crippen LogP contribution in [0.5, 0.6) is 0 Å². The molecule has 1 amide bonds. The molecule has 3 rings (SSSR count). The number of hydrazone groups is 1. The summed E-state index contributed by atoms with van der Waals surface area (Å²) in [5.41, 5.74) is 4.46. The highest BCUT2D eigenvalue weighted by molar-refractivity contribution is 8.06. The molecule has 0 radical (unpaired) electrons. The van der Waals surface area contributed by atoms with E-state index in [-0.39, 0.29) is 17.8 Å². The van der Waals surface area contributed by atoms with E-state index in [2.05, 4.69) is 20.7 Å². The fraction of sp³-hybridized carbons (Fsp3) is 0.385. The number of carbonyl (C=O) groups is 1. The number of halogens is 3. The number of alkyl halides is 1. The second-order valence-corrected chi connectivity index (χ2v) is 9.45. The predicted molar refractivity (Wildman–Crippen MR) is 150 cm³/mol. The summed E-state index contributed by atoms with van der Waals surface area (Å²) in [5, 5.41) is 17.3. The van der Waals surface area contributed by atoms with E-state index < -0.39 is 6.30 Å². The third-order valence-corrected chi connectivity index (χ3v) is 6.57. The van der Waals surface area contributed by atoms with Gasteiger partial charge in [-0.25, -0.2) is 8.78 Å². The number of amidine groups is 1. The highest BCUT2D eigenvalue weighted by atomic mass is 35.5. The molecular weight excluding hydrogens is 518 g/mol. The maximum absolute atomic E-state index is 13.2. The van der Waals surface area contributed by atoms with E-state index in [1.165, 1.54) is 19.1 Å². The first kappa shape index (κ1) is 30.2. The van der Waals surface area contributed by atoms with Crippen LogP contribution in [0.1, 0.15) is 40.5 Å². The Morgan fingerprint density at radius 3 is 2.73 bits per heavy atom. The number of hydrogen-bond acceptors (Lipinski definition) is 7. The molecule has 0 aromatic heterocycles. The largest absolute Gasteiger partial charge is 0.351 e. The first-order chi connectivity index (χ1) is 17.7. The van der Waals surface area contributed by atoms with Crippen LogP contribution in [0.2, 0.25) is 5.02 Å². The first-order valence-corrected chi connectivity index (χ1v) is 13.2. The Kier molecular flexibility index (Phi) is 12.5. The van der Waals surface area contributed by atoms with Gasteiger partial charge in [-0.3, -0.25) is 15.2 Å². The highest BCUT2D eigenvalue weighted by Crippen LogP contribution is 2.34. The van der Waals surface area contributed by atoms with Crippen LogP contribution in [-0.2, 0) is 4.79 Å². The number of rotatable bonds is 9. The van der Waals surface area contributed by atoms with E-state index >= 15 is 0 Å². The second-order valence-electron chi connectivity index (χ2n) is 8.06. The molecular formula is C26H33ClF2N6OS. The van der Waals surface area contributed by atoms with Gasteiger partial charge in [0.15, 0.2) is 6.30 Å². The Balaban J connectivity index is 0.000000510. The summed E-state index contributed by atoms with van der Waals surface area (Å²) < 4.78 is 25.3. The van der Waals surface area contributed by atoms with Crippen LogP contribution in [0.3, 0.4) is 0 Å². The van der Waals surface area contributed by atoms with Gasteiger partial charge in [0.25, 0.3) is 0 Å². The van der Waals surface area contributed by atoms with Gasteiger partial charge in [0, 0.05) is 46.8 Å². The molecule has 2 unspecified atom stereocenters. The molecule has 7 nitrogen and oxygen atoms in total. The van der Waals surface area contributed by atoms with Gasteiger partial charge in [-0.05, 0) is 44.4 Å². The summed E-state index contributed by atoms with van der Waals surface area (Å²) in [7, 11) is 0. The van der Waals surface area contributed by atoms with Gasteiger partial charge in [0.05, 0.1) is 12.6 Å². The second kappa shape index (κ2) is 15.3. The molecule has 1 saturated heterocycles. The van der Waals surface area contributed by atoms with Gasteiger partial charge in [0.1, 0.15) is 17.4 Å². The fourth-order valence-corrected chi connectivity index (χ4v) is 4.51. The molecule has 2 aliphatic rings. The third kappa shape index (κ3) is 9.12. The summed E-state index contributed by atoms with van der Waals surface area (Å²) in [6.07, 6.45) is 4.82. The minimum Gasteiger partial charge on any atom is -0.351 e. The number of amides is 1. The van der Waals surface area contributed by atoms with Crippen molar-refractivity contribution in [3.8, 4) is 0 Å². The minimum atomic E-state index is -1.32. The molecule has 0 spiro atoms. The van der Waals surface area contributed by atoms with Gasteiger partial charge in [0.2, 0.25) is 5.91 Å². The number of nitrogens with zero attached hydrogens (tertiary/aromatic N) is 3. The van der Waals surface area contributed by atoms with Crippen LogP contribution >= 0.6 is 23.4 Å². The molecule has 37 heavy (non-hydrogen) atoms. The molecule has 2 heterocycles. The predicted octanol–water partition coefficient (Wildman–Crippen LogP) is 5.81. The molecule has 0 saturated carbocycles. The van der Waals surface area contributed by atoms with Crippen molar-refractivity contribution in [1.29, 1.82) is 5.41 Å². The van der Waals surface area contributed by atoms with Crippen LogP contribution in [0.4, 0.5) is 8.78 Å². The number of benzene rings is 1. The summed E-state index contributed by atoms with van der Waals surface area (Å²) in [6.45, 7) is 8.04. The van der Waals surface area contributed by atoms with Gasteiger partial charge in [-0.1, -0.05) is 48.5 Å². The lowest BCUT2D eigenvalue weighted by Gasteiger charge is -2.29. The fourth-order valence-electron chi connectivity index (χ4n) is 3.63. The SMILES string of the molecule is CC=C(S/C=C\C)C1=NCC(/C(C=N)=N/NC(C)F)=C2CC(NC(=O)CC)CN12.Fc1cccc(Cl)c1. The summed E-state index contributed by atoms with van der Waals surface area (Å²) in [4.78, 5) is 19.8. The Labute approximate surface area is 226 Å². The molecule has 0 aliphatic carbocycles. The lowest BCUT2D eigenvalue weighted by Crippen LogP contribution is -2.39. The Bertz CT molecular complexity index is 1100. The number of carbonyl (C=O) groups excluding carboxylic acids is 1. The number of aliphatic imine (C=N–C) groups is 1. The van der Waals surface area contributed by atoms with Gasteiger partial charge in [-0.2, -0.15) is 5.10 Å². The van der Waals surface area contributed by atoms with Crippen LogP contribution < -0.4 is 10.7 Å². The van der Waals surface area contributed by atoms with Crippen molar-refractivity contribution >= 4 is 47.0 Å². The van der Waals surface area contributed by atoms with Crippen molar-refractivity contribution in [3.05, 3.63) is 68.8 Å². The maximum atomic E-state index is 13.2. The zero-order valence-corrected chi connectivity index (χ0v) is 23.0. The van der Waals surface area contributed by atoms with Crippen LogP contribution in [-0.4, -0.2) is 54.0 Å². The van der Waals surface area contributed by atoms with Gasteiger partial charge >= 0.3 is 0 Å². The van der Waals surface area contributed by atoms with E-state index in [0.717, 1.165) is 28.2 Å².